The van der Waals surface area contributed by atoms with Gasteiger partial charge in [0.05, 0.1) is 19.6 Å². The fraction of sp³-hybridized carbons (Fsp3) is 0.852. The third-order valence-corrected chi connectivity index (χ3v) is 4.71. The SMILES string of the molecule is CCOC(=O)C(C)N(CCNCC(=O)OC(C)(C)C)CCNC(CC(=O)OC(C)(C)C)C(=O)OC(C)(C)C. The molecule has 0 fully saturated rings. The molecule has 2 N–H and O–H groups in total. The molecule has 0 aromatic heterocycles. The molecule has 0 heterocycles. The minimum Gasteiger partial charge on any atom is -0.465 e. The Balaban J connectivity index is 5.25. The Bertz CT molecular complexity index is 766. The molecule has 0 aromatic rings. The monoisotopic (exact) mass is 545 g/mol. The number of carbonyl (C=O) groups excluding carboxylic acids is 4. The van der Waals surface area contributed by atoms with Crippen molar-refractivity contribution in [1.82, 2.24) is 15.5 Å². The van der Waals surface area contributed by atoms with Crippen LogP contribution in [0.2, 0.25) is 0 Å². The first kappa shape index (κ1) is 35.8. The summed E-state index contributed by atoms with van der Waals surface area (Å²) in [5.74, 6) is -1.83. The van der Waals surface area contributed by atoms with Gasteiger partial charge in [0.15, 0.2) is 0 Å². The van der Waals surface area contributed by atoms with E-state index in [-0.39, 0.29) is 38.1 Å². The predicted octanol–water partition coefficient (Wildman–Crippen LogP) is 2.20. The van der Waals surface area contributed by atoms with Gasteiger partial charge in [-0.3, -0.25) is 24.1 Å². The Morgan fingerprint density at radius 3 is 1.74 bits per heavy atom. The lowest BCUT2D eigenvalue weighted by Gasteiger charge is -2.29. The first-order valence-corrected chi connectivity index (χ1v) is 13.3. The van der Waals surface area contributed by atoms with Crippen molar-refractivity contribution in [1.29, 1.82) is 0 Å². The Morgan fingerprint density at radius 2 is 1.24 bits per heavy atom. The molecular formula is C27H51N3O8. The van der Waals surface area contributed by atoms with Crippen molar-refractivity contribution in [2.24, 2.45) is 0 Å². The Morgan fingerprint density at radius 1 is 0.737 bits per heavy atom. The summed E-state index contributed by atoms with van der Waals surface area (Å²) in [4.78, 5) is 51.5. The van der Waals surface area contributed by atoms with Gasteiger partial charge in [0.25, 0.3) is 0 Å². The Labute approximate surface area is 228 Å². The van der Waals surface area contributed by atoms with Crippen molar-refractivity contribution in [2.75, 3.05) is 39.3 Å². The summed E-state index contributed by atoms with van der Waals surface area (Å²) in [5, 5.41) is 6.12. The molecule has 0 aliphatic heterocycles. The second kappa shape index (κ2) is 16.0. The highest BCUT2D eigenvalue weighted by Gasteiger charge is 2.30. The van der Waals surface area contributed by atoms with Crippen LogP contribution in [0.3, 0.4) is 0 Å². The van der Waals surface area contributed by atoms with Crippen molar-refractivity contribution in [3.63, 3.8) is 0 Å². The van der Waals surface area contributed by atoms with E-state index in [4.69, 9.17) is 18.9 Å². The second-order valence-electron chi connectivity index (χ2n) is 12.1. The molecule has 11 heteroatoms. The van der Waals surface area contributed by atoms with Crippen LogP contribution in [0.25, 0.3) is 0 Å². The molecular weight excluding hydrogens is 494 g/mol. The molecule has 2 unspecified atom stereocenters. The first-order valence-electron chi connectivity index (χ1n) is 13.3. The van der Waals surface area contributed by atoms with Gasteiger partial charge < -0.3 is 29.6 Å². The number of esters is 4. The van der Waals surface area contributed by atoms with Gasteiger partial charge in [-0.2, -0.15) is 0 Å². The topological polar surface area (TPSA) is 132 Å². The van der Waals surface area contributed by atoms with Crippen molar-refractivity contribution >= 4 is 23.9 Å². The molecule has 0 radical (unpaired) electrons. The molecule has 222 valence electrons. The van der Waals surface area contributed by atoms with Crippen LogP contribution in [-0.4, -0.2) is 97.0 Å². The van der Waals surface area contributed by atoms with Gasteiger partial charge in [0.1, 0.15) is 28.9 Å². The van der Waals surface area contributed by atoms with Crippen LogP contribution < -0.4 is 10.6 Å². The normalized spacial score (nSPS) is 14.0. The molecule has 0 saturated heterocycles. The van der Waals surface area contributed by atoms with Gasteiger partial charge >= 0.3 is 23.9 Å². The van der Waals surface area contributed by atoms with E-state index < -0.39 is 40.8 Å². The van der Waals surface area contributed by atoms with E-state index in [0.717, 1.165) is 0 Å². The third kappa shape index (κ3) is 18.1. The average molecular weight is 546 g/mol. The van der Waals surface area contributed by atoms with Crippen LogP contribution in [0.4, 0.5) is 0 Å². The smallest absolute Gasteiger partial charge is 0.324 e. The van der Waals surface area contributed by atoms with E-state index in [1.165, 1.54) is 0 Å². The molecule has 38 heavy (non-hydrogen) atoms. The molecule has 0 bridgehead atoms. The zero-order chi connectivity index (χ0) is 29.7. The van der Waals surface area contributed by atoms with Gasteiger partial charge in [-0.25, -0.2) is 0 Å². The molecule has 0 aromatic carbocycles. The summed E-state index contributed by atoms with van der Waals surface area (Å²) in [5.41, 5.74) is -1.98. The van der Waals surface area contributed by atoms with Crippen LogP contribution in [0.1, 0.15) is 82.6 Å². The van der Waals surface area contributed by atoms with E-state index in [0.29, 0.717) is 19.6 Å². The highest BCUT2D eigenvalue weighted by atomic mass is 16.6. The fourth-order valence-corrected chi connectivity index (χ4v) is 3.25. The van der Waals surface area contributed by atoms with Crippen molar-refractivity contribution in [3.05, 3.63) is 0 Å². The largest absolute Gasteiger partial charge is 0.465 e. The highest BCUT2D eigenvalue weighted by molar-refractivity contribution is 5.83. The number of carbonyl (C=O) groups is 4. The fourth-order valence-electron chi connectivity index (χ4n) is 3.25. The first-order chi connectivity index (χ1) is 17.2. The maximum absolute atomic E-state index is 12.8. The summed E-state index contributed by atoms with van der Waals surface area (Å²) in [6, 6.07) is -1.49. The average Bonchev–Trinajstić information content (AvgIpc) is 2.70. The zero-order valence-electron chi connectivity index (χ0n) is 25.3. The summed E-state index contributed by atoms with van der Waals surface area (Å²) in [6.45, 7) is 21.2. The molecule has 0 aliphatic rings. The van der Waals surface area contributed by atoms with Gasteiger partial charge in [-0.1, -0.05) is 0 Å². The van der Waals surface area contributed by atoms with E-state index in [1.54, 1.807) is 76.2 Å². The third-order valence-electron chi connectivity index (χ3n) is 4.71. The van der Waals surface area contributed by atoms with Gasteiger partial charge in [0.2, 0.25) is 0 Å². The highest BCUT2D eigenvalue weighted by Crippen LogP contribution is 2.13. The number of nitrogens with one attached hydrogen (secondary N) is 2. The van der Waals surface area contributed by atoms with Crippen molar-refractivity contribution < 1.29 is 38.1 Å². The molecule has 2 atom stereocenters. The van der Waals surface area contributed by atoms with Crippen LogP contribution in [-0.2, 0) is 38.1 Å². The van der Waals surface area contributed by atoms with E-state index in [2.05, 4.69) is 10.6 Å². The summed E-state index contributed by atoms with van der Waals surface area (Å²) < 4.78 is 21.3. The number of hydrogen-bond donors (Lipinski definition) is 2. The minimum absolute atomic E-state index is 0.0355. The minimum atomic E-state index is -0.922. The lowest BCUT2D eigenvalue weighted by Crippen LogP contribution is -2.49. The summed E-state index contributed by atoms with van der Waals surface area (Å²) >= 11 is 0. The molecule has 0 amide bonds. The molecule has 0 spiro atoms. The van der Waals surface area contributed by atoms with E-state index in [9.17, 15) is 19.2 Å². The summed E-state index contributed by atoms with van der Waals surface area (Å²) in [6.07, 6.45) is -0.197. The number of nitrogens with zero attached hydrogens (tertiary/aromatic N) is 1. The number of hydrogen-bond acceptors (Lipinski definition) is 11. The van der Waals surface area contributed by atoms with Crippen LogP contribution in [0.15, 0.2) is 0 Å². The van der Waals surface area contributed by atoms with Crippen LogP contribution >= 0.6 is 0 Å². The zero-order valence-corrected chi connectivity index (χ0v) is 25.3. The molecule has 0 aliphatic carbocycles. The molecule has 0 rings (SSSR count). The maximum Gasteiger partial charge on any atom is 0.324 e. The van der Waals surface area contributed by atoms with E-state index >= 15 is 0 Å². The Kier molecular flexibility index (Phi) is 15.1. The van der Waals surface area contributed by atoms with Crippen molar-refractivity contribution in [3.8, 4) is 0 Å². The molecule has 0 saturated carbocycles. The number of rotatable bonds is 15. The number of ether oxygens (including phenoxy) is 4. The standard InChI is InChI=1S/C27H51N3O8/c1-12-35-23(33)19(2)30(15-13-28-18-22(32)37-26(6,7)8)16-14-29-20(24(34)38-27(9,10)11)17-21(31)36-25(3,4)5/h19-20,28-29H,12-18H2,1-11H3. The quantitative estimate of drug-likeness (QED) is 0.178. The summed E-state index contributed by atoms with van der Waals surface area (Å²) in [7, 11) is 0. The lowest BCUT2D eigenvalue weighted by molar-refractivity contribution is -0.164. The van der Waals surface area contributed by atoms with Crippen molar-refractivity contribution in [2.45, 2.75) is 111 Å². The van der Waals surface area contributed by atoms with Crippen LogP contribution in [0.5, 0.6) is 0 Å². The van der Waals surface area contributed by atoms with Gasteiger partial charge in [-0.15, -0.1) is 0 Å². The van der Waals surface area contributed by atoms with Gasteiger partial charge in [0, 0.05) is 26.2 Å². The maximum atomic E-state index is 12.8. The lowest BCUT2D eigenvalue weighted by atomic mass is 10.1. The molecule has 11 nitrogen and oxygen atoms in total. The Hall–Kier alpha value is -2.24. The van der Waals surface area contributed by atoms with E-state index in [1.807, 2.05) is 4.90 Å². The van der Waals surface area contributed by atoms with Gasteiger partial charge in [-0.05, 0) is 76.2 Å². The van der Waals surface area contributed by atoms with Crippen LogP contribution in [0, 0.1) is 0 Å². The predicted molar refractivity (Wildman–Crippen MR) is 144 cm³/mol. The second-order valence-corrected chi connectivity index (χ2v) is 12.1.